The maximum Gasteiger partial charge on any atom is 0.201 e. The summed E-state index contributed by atoms with van der Waals surface area (Å²) in [6.45, 7) is 2.65. The second kappa shape index (κ2) is 9.76. The van der Waals surface area contributed by atoms with Crippen LogP contribution in [0.3, 0.4) is 0 Å². The van der Waals surface area contributed by atoms with Gasteiger partial charge in [-0.05, 0) is 18.6 Å². The summed E-state index contributed by atoms with van der Waals surface area (Å²) in [5.41, 5.74) is 0. The molecule has 0 heterocycles. The summed E-state index contributed by atoms with van der Waals surface area (Å²) in [5, 5.41) is 0. The molecule has 0 saturated carbocycles. The van der Waals surface area contributed by atoms with Gasteiger partial charge in [0, 0.05) is 6.07 Å². The highest BCUT2D eigenvalue weighted by molar-refractivity contribution is 5.24. The van der Waals surface area contributed by atoms with Crippen LogP contribution in [-0.4, -0.2) is 6.61 Å². The number of hydrogen-bond donors (Lipinski definition) is 0. The van der Waals surface area contributed by atoms with Crippen molar-refractivity contribution >= 4 is 0 Å². The normalized spacial score (nSPS) is 10.7. The minimum Gasteiger partial charge on any atom is -0.490 e. The molecule has 1 rings (SSSR count). The lowest BCUT2D eigenvalue weighted by Crippen LogP contribution is -2.00. The first-order valence-corrected chi connectivity index (χ1v) is 7.24. The van der Waals surface area contributed by atoms with Crippen molar-refractivity contribution in [2.75, 3.05) is 6.61 Å². The molecule has 0 atom stereocenters. The number of hydrogen-bond acceptors (Lipinski definition) is 1. The van der Waals surface area contributed by atoms with Crippen molar-refractivity contribution in [2.24, 2.45) is 0 Å². The van der Waals surface area contributed by atoms with E-state index in [0.717, 1.165) is 12.8 Å². The maximum atomic E-state index is 13.2. The van der Waals surface area contributed by atoms with Gasteiger partial charge in [0.15, 0.2) is 11.6 Å². The molecule has 107 valence electrons. The van der Waals surface area contributed by atoms with Crippen molar-refractivity contribution in [1.29, 1.82) is 0 Å². The molecule has 19 heavy (non-hydrogen) atoms. The van der Waals surface area contributed by atoms with Crippen LogP contribution in [0.15, 0.2) is 12.1 Å². The number of benzene rings is 1. The predicted octanol–water partition coefficient (Wildman–Crippen LogP) is 5.28. The largest absolute Gasteiger partial charge is 0.490 e. The van der Waals surface area contributed by atoms with Gasteiger partial charge in [-0.25, -0.2) is 4.39 Å². The van der Waals surface area contributed by atoms with Crippen LogP contribution in [-0.2, 0) is 0 Å². The molecule has 0 amide bonds. The molecule has 1 aromatic rings. The Labute approximate surface area is 115 Å². The molecule has 1 nitrogen and oxygen atoms in total. The van der Waals surface area contributed by atoms with Gasteiger partial charge < -0.3 is 4.74 Å². The van der Waals surface area contributed by atoms with Gasteiger partial charge in [-0.3, -0.25) is 0 Å². The summed E-state index contributed by atoms with van der Waals surface area (Å²) in [6.07, 6.45) is 9.60. The van der Waals surface area contributed by atoms with Crippen LogP contribution in [0.5, 0.6) is 5.75 Å². The Morgan fingerprint density at radius 1 is 1.00 bits per heavy atom. The summed E-state index contributed by atoms with van der Waals surface area (Å²) in [6, 6.07) is 4.89. The van der Waals surface area contributed by atoms with Crippen molar-refractivity contribution in [3.05, 3.63) is 29.8 Å². The fraction of sp³-hybridized carbons (Fsp3) is 0.625. The van der Waals surface area contributed by atoms with Gasteiger partial charge in [-0.2, -0.15) is 4.39 Å². The topological polar surface area (TPSA) is 9.23 Å². The second-order valence-corrected chi connectivity index (χ2v) is 4.79. The third-order valence-corrected chi connectivity index (χ3v) is 3.11. The van der Waals surface area contributed by atoms with E-state index in [1.54, 1.807) is 0 Å². The van der Waals surface area contributed by atoms with E-state index in [0.29, 0.717) is 6.61 Å². The molecule has 0 bridgehead atoms. The average molecular weight is 269 g/mol. The van der Waals surface area contributed by atoms with Gasteiger partial charge in [0.1, 0.15) is 0 Å². The second-order valence-electron chi connectivity index (χ2n) is 4.79. The lowest BCUT2D eigenvalue weighted by atomic mass is 10.1. The van der Waals surface area contributed by atoms with Crippen molar-refractivity contribution < 1.29 is 13.5 Å². The van der Waals surface area contributed by atoms with Crippen molar-refractivity contribution in [3.8, 4) is 5.75 Å². The Bertz CT molecular complexity index is 353. The molecule has 0 unspecified atom stereocenters. The molecular weight excluding hydrogens is 246 g/mol. The van der Waals surface area contributed by atoms with E-state index in [-0.39, 0.29) is 5.75 Å². The smallest absolute Gasteiger partial charge is 0.201 e. The summed E-state index contributed by atoms with van der Waals surface area (Å²) >= 11 is 0. The first-order valence-electron chi connectivity index (χ1n) is 7.24. The van der Waals surface area contributed by atoms with E-state index in [9.17, 15) is 8.78 Å². The predicted molar refractivity (Wildman–Crippen MR) is 73.3 cm³/mol. The molecule has 0 aliphatic heterocycles. The molecule has 0 aliphatic carbocycles. The molecule has 0 saturated heterocycles. The Hall–Kier alpha value is -1.12. The first kappa shape index (κ1) is 15.9. The minimum absolute atomic E-state index is 0.0146. The van der Waals surface area contributed by atoms with E-state index in [1.165, 1.54) is 50.7 Å². The lowest BCUT2D eigenvalue weighted by molar-refractivity contribution is 0.284. The summed E-state index contributed by atoms with van der Waals surface area (Å²) in [4.78, 5) is 0. The fourth-order valence-corrected chi connectivity index (χ4v) is 1.96. The van der Waals surface area contributed by atoms with Crippen LogP contribution in [0.25, 0.3) is 0 Å². The molecule has 1 radical (unpaired) electrons. The Morgan fingerprint density at radius 3 is 2.32 bits per heavy atom. The van der Waals surface area contributed by atoms with E-state index < -0.39 is 11.6 Å². The average Bonchev–Trinajstić information content (AvgIpc) is 2.41. The quantitative estimate of drug-likeness (QED) is 0.525. The summed E-state index contributed by atoms with van der Waals surface area (Å²) < 4.78 is 31.3. The SMILES string of the molecule is CCCCCCCCCCOc1cc[c]c(F)c1F. The van der Waals surface area contributed by atoms with Gasteiger partial charge in [0.25, 0.3) is 0 Å². The van der Waals surface area contributed by atoms with Crippen LogP contribution < -0.4 is 4.74 Å². The van der Waals surface area contributed by atoms with Crippen LogP contribution in [0.1, 0.15) is 58.3 Å². The minimum atomic E-state index is -0.978. The van der Waals surface area contributed by atoms with Gasteiger partial charge >= 0.3 is 0 Å². The fourth-order valence-electron chi connectivity index (χ4n) is 1.96. The number of unbranched alkanes of at least 4 members (excludes halogenated alkanes) is 7. The monoisotopic (exact) mass is 269 g/mol. The van der Waals surface area contributed by atoms with E-state index in [1.807, 2.05) is 0 Å². The van der Waals surface area contributed by atoms with Crippen molar-refractivity contribution in [2.45, 2.75) is 58.3 Å². The Balaban J connectivity index is 2.03. The van der Waals surface area contributed by atoms with E-state index in [2.05, 4.69) is 13.0 Å². The molecule has 0 aliphatic rings. The summed E-state index contributed by atoms with van der Waals surface area (Å²) in [7, 11) is 0. The highest BCUT2D eigenvalue weighted by Gasteiger charge is 2.08. The molecule has 0 N–H and O–H groups in total. The zero-order chi connectivity index (χ0) is 13.9. The van der Waals surface area contributed by atoms with Gasteiger partial charge in [0.05, 0.1) is 6.61 Å². The third-order valence-electron chi connectivity index (χ3n) is 3.11. The van der Waals surface area contributed by atoms with Gasteiger partial charge in [-0.15, -0.1) is 0 Å². The zero-order valence-corrected chi connectivity index (χ0v) is 11.7. The molecule has 0 fully saturated rings. The van der Waals surface area contributed by atoms with Crippen LogP contribution in [0, 0.1) is 17.7 Å². The summed E-state index contributed by atoms with van der Waals surface area (Å²) in [5.74, 6) is -1.94. The van der Waals surface area contributed by atoms with Crippen LogP contribution in [0.4, 0.5) is 8.78 Å². The lowest BCUT2D eigenvalue weighted by Gasteiger charge is -2.07. The molecule has 1 aromatic carbocycles. The maximum absolute atomic E-state index is 13.2. The van der Waals surface area contributed by atoms with Gasteiger partial charge in [0.2, 0.25) is 5.82 Å². The van der Waals surface area contributed by atoms with Crippen LogP contribution in [0.2, 0.25) is 0 Å². The Kier molecular flexibility index (Phi) is 8.19. The first-order chi connectivity index (χ1) is 9.25. The van der Waals surface area contributed by atoms with Crippen molar-refractivity contribution in [3.63, 3.8) is 0 Å². The van der Waals surface area contributed by atoms with Crippen molar-refractivity contribution in [1.82, 2.24) is 0 Å². The molecule has 3 heteroatoms. The highest BCUT2D eigenvalue weighted by Crippen LogP contribution is 2.19. The highest BCUT2D eigenvalue weighted by atomic mass is 19.2. The Morgan fingerprint density at radius 2 is 1.63 bits per heavy atom. The molecule has 0 spiro atoms. The number of ether oxygens (including phenoxy) is 1. The number of rotatable bonds is 10. The molecular formula is C16H23F2O. The third kappa shape index (κ3) is 6.55. The van der Waals surface area contributed by atoms with E-state index >= 15 is 0 Å². The van der Waals surface area contributed by atoms with Crippen LogP contribution >= 0.6 is 0 Å². The molecule has 0 aromatic heterocycles. The van der Waals surface area contributed by atoms with Gasteiger partial charge in [-0.1, -0.05) is 51.9 Å². The standard InChI is InChI=1S/C16H23F2O/c1-2-3-4-5-6-7-8-9-13-19-15-12-10-11-14(17)16(15)18/h10,12H,2-9,13H2,1H3. The van der Waals surface area contributed by atoms with E-state index in [4.69, 9.17) is 4.74 Å². The number of halogens is 2. The zero-order valence-electron chi connectivity index (χ0n) is 11.7.